The first-order valence-electron chi connectivity index (χ1n) is 6.25. The Morgan fingerprint density at radius 3 is 2.05 bits per heavy atom. The van der Waals surface area contributed by atoms with E-state index in [4.69, 9.17) is 9.47 Å². The molecule has 0 spiro atoms. The summed E-state index contributed by atoms with van der Waals surface area (Å²) in [5.41, 5.74) is 2.09. The molecule has 0 bridgehead atoms. The van der Waals surface area contributed by atoms with Crippen LogP contribution in [0.4, 0.5) is 11.4 Å². The lowest BCUT2D eigenvalue weighted by Crippen LogP contribution is -2.19. The third-order valence-corrected chi connectivity index (χ3v) is 3.74. The Hall–Kier alpha value is -2.05. The summed E-state index contributed by atoms with van der Waals surface area (Å²) in [5.74, 6) is 1.01. The van der Waals surface area contributed by atoms with E-state index in [0.717, 1.165) is 5.56 Å². The summed E-state index contributed by atoms with van der Waals surface area (Å²) >= 11 is -2.44. The van der Waals surface area contributed by atoms with Crippen molar-refractivity contribution in [2.24, 2.45) is 0 Å². The van der Waals surface area contributed by atoms with E-state index in [2.05, 4.69) is 0 Å². The lowest BCUT2D eigenvalue weighted by Gasteiger charge is -2.27. The van der Waals surface area contributed by atoms with Crippen molar-refractivity contribution in [3.63, 3.8) is 0 Å². The van der Waals surface area contributed by atoms with Crippen LogP contribution in [0, 0.1) is 6.92 Å². The van der Waals surface area contributed by atoms with Gasteiger partial charge in [-0.25, -0.2) is 0 Å². The minimum absolute atomic E-state index is 0.470. The van der Waals surface area contributed by atoms with Crippen molar-refractivity contribution >= 4 is 22.6 Å². The maximum absolute atomic E-state index is 11.6. The van der Waals surface area contributed by atoms with Gasteiger partial charge in [-0.05, 0) is 31.2 Å². The third-order valence-electron chi connectivity index (χ3n) is 3.02. The Labute approximate surface area is 126 Å². The van der Waals surface area contributed by atoms with Crippen molar-refractivity contribution in [2.45, 2.75) is 6.92 Å². The predicted molar refractivity (Wildman–Crippen MR) is 81.8 cm³/mol. The SMILES string of the molecule is COc1ccc(N(c2ccc(C)cc2)S(=O)[O-])cc1OC. The zero-order valence-corrected chi connectivity index (χ0v) is 12.8. The summed E-state index contributed by atoms with van der Waals surface area (Å²) in [6.07, 6.45) is 0. The van der Waals surface area contributed by atoms with Gasteiger partial charge in [-0.15, -0.1) is 0 Å². The molecule has 0 aromatic heterocycles. The number of ether oxygens (including phenoxy) is 2. The van der Waals surface area contributed by atoms with E-state index in [0.29, 0.717) is 22.9 Å². The number of aryl methyl sites for hydroxylation is 1. The quantitative estimate of drug-likeness (QED) is 0.797. The van der Waals surface area contributed by atoms with Crippen LogP contribution >= 0.6 is 0 Å². The number of nitrogens with zero attached hydrogens (tertiary/aromatic N) is 1. The van der Waals surface area contributed by atoms with Crippen molar-refractivity contribution in [3.05, 3.63) is 48.0 Å². The summed E-state index contributed by atoms with van der Waals surface area (Å²) in [5, 5.41) is 0. The molecule has 0 aliphatic rings. The fraction of sp³-hybridized carbons (Fsp3) is 0.200. The molecule has 0 fully saturated rings. The number of rotatable bonds is 5. The second-order valence-corrected chi connectivity index (χ2v) is 5.19. The van der Waals surface area contributed by atoms with Gasteiger partial charge >= 0.3 is 0 Å². The van der Waals surface area contributed by atoms with E-state index in [9.17, 15) is 8.76 Å². The largest absolute Gasteiger partial charge is 0.755 e. The van der Waals surface area contributed by atoms with Crippen LogP contribution in [0.15, 0.2) is 42.5 Å². The van der Waals surface area contributed by atoms with Gasteiger partial charge in [0.1, 0.15) is 0 Å². The van der Waals surface area contributed by atoms with Gasteiger partial charge in [-0.1, -0.05) is 17.7 Å². The van der Waals surface area contributed by atoms with Crippen molar-refractivity contribution in [2.75, 3.05) is 18.5 Å². The van der Waals surface area contributed by atoms with Crippen LogP contribution in [-0.4, -0.2) is 23.0 Å². The molecule has 0 N–H and O–H groups in total. The number of hydrogen-bond acceptors (Lipinski definition) is 4. The summed E-state index contributed by atoms with van der Waals surface area (Å²) in [6.45, 7) is 1.94. The second kappa shape index (κ2) is 6.60. The molecule has 6 heteroatoms. The smallest absolute Gasteiger partial charge is 0.162 e. The van der Waals surface area contributed by atoms with Gasteiger partial charge in [-0.2, -0.15) is 0 Å². The molecule has 0 heterocycles. The molecule has 0 radical (unpaired) electrons. The minimum Gasteiger partial charge on any atom is -0.755 e. The van der Waals surface area contributed by atoms with Crippen molar-refractivity contribution in [1.29, 1.82) is 0 Å². The zero-order chi connectivity index (χ0) is 15.4. The lowest BCUT2D eigenvalue weighted by molar-refractivity contribution is 0.355. The molecule has 1 atom stereocenters. The fourth-order valence-corrected chi connectivity index (χ4v) is 2.53. The maximum Gasteiger partial charge on any atom is 0.162 e. The minimum atomic E-state index is -2.44. The van der Waals surface area contributed by atoms with E-state index >= 15 is 0 Å². The molecule has 0 aliphatic carbocycles. The number of methoxy groups -OCH3 is 2. The summed E-state index contributed by atoms with van der Waals surface area (Å²) in [4.78, 5) is 0. The Morgan fingerprint density at radius 2 is 1.52 bits per heavy atom. The average Bonchev–Trinajstić information content (AvgIpc) is 2.49. The van der Waals surface area contributed by atoms with E-state index in [-0.39, 0.29) is 0 Å². The Kier molecular flexibility index (Phi) is 4.82. The second-order valence-electron chi connectivity index (χ2n) is 4.39. The van der Waals surface area contributed by atoms with E-state index in [1.165, 1.54) is 18.5 Å². The highest BCUT2D eigenvalue weighted by Gasteiger charge is 2.13. The van der Waals surface area contributed by atoms with Gasteiger partial charge in [0, 0.05) is 6.07 Å². The first-order valence-corrected chi connectivity index (χ1v) is 7.28. The topological polar surface area (TPSA) is 61.8 Å². The van der Waals surface area contributed by atoms with Crippen molar-refractivity contribution < 1.29 is 18.2 Å². The van der Waals surface area contributed by atoms with Gasteiger partial charge in [0.25, 0.3) is 0 Å². The van der Waals surface area contributed by atoms with E-state index in [1.54, 1.807) is 30.3 Å². The van der Waals surface area contributed by atoms with Crippen LogP contribution < -0.4 is 13.8 Å². The van der Waals surface area contributed by atoms with Crippen LogP contribution in [0.5, 0.6) is 11.5 Å². The number of hydrogen-bond donors (Lipinski definition) is 0. The van der Waals surface area contributed by atoms with Gasteiger partial charge in [-0.3, -0.25) is 8.51 Å². The Bertz CT molecular complexity index is 643. The molecule has 0 saturated carbocycles. The van der Waals surface area contributed by atoms with Crippen LogP contribution in [-0.2, 0) is 11.3 Å². The summed E-state index contributed by atoms with van der Waals surface area (Å²) < 4.78 is 34.7. The van der Waals surface area contributed by atoms with Crippen LogP contribution in [0.3, 0.4) is 0 Å². The van der Waals surface area contributed by atoms with Gasteiger partial charge in [0.15, 0.2) is 11.5 Å². The predicted octanol–water partition coefficient (Wildman–Crippen LogP) is 2.94. The van der Waals surface area contributed by atoms with E-state index < -0.39 is 11.3 Å². The fourth-order valence-electron chi connectivity index (χ4n) is 1.95. The molecule has 2 aromatic rings. The molecule has 5 nitrogen and oxygen atoms in total. The molecule has 0 aliphatic heterocycles. The Balaban J connectivity index is 2.48. The molecule has 0 saturated heterocycles. The zero-order valence-electron chi connectivity index (χ0n) is 12.0. The number of anilines is 2. The van der Waals surface area contributed by atoms with Gasteiger partial charge in [0.2, 0.25) is 0 Å². The highest BCUT2D eigenvalue weighted by Crippen LogP contribution is 2.35. The average molecular weight is 306 g/mol. The molecule has 21 heavy (non-hydrogen) atoms. The number of benzene rings is 2. The van der Waals surface area contributed by atoms with Gasteiger partial charge < -0.3 is 14.0 Å². The first kappa shape index (κ1) is 15.3. The molecule has 112 valence electrons. The van der Waals surface area contributed by atoms with Crippen molar-refractivity contribution in [1.82, 2.24) is 0 Å². The Morgan fingerprint density at radius 1 is 0.952 bits per heavy atom. The normalized spacial score (nSPS) is 11.8. The monoisotopic (exact) mass is 306 g/mol. The molecular weight excluding hydrogens is 290 g/mol. The van der Waals surface area contributed by atoms with Crippen LogP contribution in [0.1, 0.15) is 5.56 Å². The highest BCUT2D eigenvalue weighted by atomic mass is 32.2. The molecule has 2 rings (SSSR count). The molecule has 2 aromatic carbocycles. The molecular formula is C15H16NO4S-. The van der Waals surface area contributed by atoms with Crippen LogP contribution in [0.25, 0.3) is 0 Å². The summed E-state index contributed by atoms with van der Waals surface area (Å²) in [6, 6.07) is 12.2. The molecule has 0 amide bonds. The van der Waals surface area contributed by atoms with Gasteiger partial charge in [0.05, 0.1) is 36.9 Å². The lowest BCUT2D eigenvalue weighted by atomic mass is 10.2. The standard InChI is InChI=1S/C15H17NO4S/c1-11-4-6-12(7-5-11)16(21(17)18)13-8-9-14(19-2)15(10-13)20-3/h4-10H,1-3H3,(H,17,18)/p-1. The first-order chi connectivity index (χ1) is 10.1. The highest BCUT2D eigenvalue weighted by molar-refractivity contribution is 7.81. The third kappa shape index (κ3) is 3.34. The maximum atomic E-state index is 11.6. The van der Waals surface area contributed by atoms with E-state index in [1.807, 2.05) is 19.1 Å². The summed E-state index contributed by atoms with van der Waals surface area (Å²) in [7, 11) is 3.03. The van der Waals surface area contributed by atoms with Crippen LogP contribution in [0.2, 0.25) is 0 Å². The van der Waals surface area contributed by atoms with Crippen molar-refractivity contribution in [3.8, 4) is 11.5 Å². The molecule has 1 unspecified atom stereocenters.